The van der Waals surface area contributed by atoms with Crippen molar-refractivity contribution in [2.45, 2.75) is 76.9 Å². The van der Waals surface area contributed by atoms with Gasteiger partial charge < -0.3 is 5.32 Å². The molecule has 0 heterocycles. The number of halogens is 3. The van der Waals surface area contributed by atoms with Crippen LogP contribution in [0.25, 0.3) is 0 Å². The van der Waals surface area contributed by atoms with Gasteiger partial charge in [0.05, 0.1) is 5.92 Å². The normalized spacial score (nSPS) is 29.6. The van der Waals surface area contributed by atoms with Crippen LogP contribution in [0.3, 0.4) is 0 Å². The molecule has 0 aromatic rings. The summed E-state index contributed by atoms with van der Waals surface area (Å²) in [6.07, 6.45) is 6.40. The van der Waals surface area contributed by atoms with Crippen molar-refractivity contribution < 1.29 is 13.2 Å². The van der Waals surface area contributed by atoms with Crippen molar-refractivity contribution in [1.29, 1.82) is 0 Å². The maximum absolute atomic E-state index is 12.8. The van der Waals surface area contributed by atoms with Crippen molar-refractivity contribution in [2.75, 3.05) is 6.54 Å². The molecule has 2 aliphatic rings. The Hall–Kier alpha value is -0.510. The first-order valence-corrected chi connectivity index (χ1v) is 8.51. The maximum Gasteiger partial charge on any atom is 0.391 e. The molecule has 0 radical (unpaired) electrons. The monoisotopic (exact) mass is 303 g/mol. The van der Waals surface area contributed by atoms with E-state index in [-0.39, 0.29) is 0 Å². The molecule has 0 aromatic carbocycles. The van der Waals surface area contributed by atoms with Crippen LogP contribution in [0.1, 0.15) is 64.7 Å². The fraction of sp³-hybridized carbons (Fsp3) is 0.882. The second-order valence-electron chi connectivity index (χ2n) is 6.57. The number of rotatable bonds is 4. The molecule has 0 aromatic heterocycles. The Morgan fingerprint density at radius 3 is 2.48 bits per heavy atom. The quantitative estimate of drug-likeness (QED) is 0.702. The first kappa shape index (κ1) is 16.9. The topological polar surface area (TPSA) is 12.0 Å². The summed E-state index contributed by atoms with van der Waals surface area (Å²) in [5, 5.41) is 3.55. The fourth-order valence-corrected chi connectivity index (χ4v) is 3.92. The van der Waals surface area contributed by atoms with E-state index in [2.05, 4.69) is 18.3 Å². The molecule has 0 aliphatic heterocycles. The molecule has 0 amide bonds. The van der Waals surface area contributed by atoms with Crippen LogP contribution in [0.2, 0.25) is 0 Å². The fourth-order valence-electron chi connectivity index (χ4n) is 3.92. The first-order valence-electron chi connectivity index (χ1n) is 8.51. The Morgan fingerprint density at radius 2 is 1.86 bits per heavy atom. The van der Waals surface area contributed by atoms with Crippen LogP contribution in [-0.4, -0.2) is 18.8 Å². The van der Waals surface area contributed by atoms with E-state index in [9.17, 15) is 13.2 Å². The molecule has 21 heavy (non-hydrogen) atoms. The second-order valence-corrected chi connectivity index (χ2v) is 6.57. The summed E-state index contributed by atoms with van der Waals surface area (Å²) >= 11 is 0. The minimum absolute atomic E-state index is 0.308. The SMILES string of the molecule is CCNC(C1=CCCCCC1)C1CCC(C(F)(F)F)CC1. The highest BCUT2D eigenvalue weighted by atomic mass is 19.4. The highest BCUT2D eigenvalue weighted by Crippen LogP contribution is 2.41. The standard InChI is InChI=1S/C17H28F3N/c1-2-21-16(13-7-5-3-4-6-8-13)14-9-11-15(12-10-14)17(18,19)20/h7,14-16,21H,2-6,8-12H2,1H3. The van der Waals surface area contributed by atoms with Crippen molar-refractivity contribution in [3.05, 3.63) is 11.6 Å². The van der Waals surface area contributed by atoms with Crippen molar-refractivity contribution in [3.8, 4) is 0 Å². The van der Waals surface area contributed by atoms with Gasteiger partial charge in [0, 0.05) is 6.04 Å². The molecule has 2 aliphatic carbocycles. The van der Waals surface area contributed by atoms with Crippen molar-refractivity contribution in [1.82, 2.24) is 5.32 Å². The van der Waals surface area contributed by atoms with E-state index in [1.54, 1.807) is 0 Å². The number of hydrogen-bond acceptors (Lipinski definition) is 1. The zero-order valence-electron chi connectivity index (χ0n) is 13.0. The minimum Gasteiger partial charge on any atom is -0.310 e. The summed E-state index contributed by atoms with van der Waals surface area (Å²) in [4.78, 5) is 0. The van der Waals surface area contributed by atoms with Gasteiger partial charge in [0.2, 0.25) is 0 Å². The van der Waals surface area contributed by atoms with E-state index >= 15 is 0 Å². The lowest BCUT2D eigenvalue weighted by Gasteiger charge is -2.36. The number of nitrogens with one attached hydrogen (secondary N) is 1. The molecular formula is C17H28F3N. The molecule has 0 spiro atoms. The van der Waals surface area contributed by atoms with Crippen LogP contribution in [0, 0.1) is 11.8 Å². The van der Waals surface area contributed by atoms with Gasteiger partial charge >= 0.3 is 6.18 Å². The molecule has 1 unspecified atom stereocenters. The molecule has 2 rings (SSSR count). The summed E-state index contributed by atoms with van der Waals surface area (Å²) in [5.74, 6) is -0.688. The molecular weight excluding hydrogens is 275 g/mol. The molecule has 1 saturated carbocycles. The maximum atomic E-state index is 12.8. The van der Waals surface area contributed by atoms with Gasteiger partial charge in [-0.05, 0) is 63.8 Å². The second kappa shape index (κ2) is 7.66. The lowest BCUT2D eigenvalue weighted by atomic mass is 9.75. The van der Waals surface area contributed by atoms with Crippen LogP contribution in [0.15, 0.2) is 11.6 Å². The van der Waals surface area contributed by atoms with E-state index in [0.29, 0.717) is 37.6 Å². The minimum atomic E-state index is -4.00. The lowest BCUT2D eigenvalue weighted by Crippen LogP contribution is -2.41. The molecule has 122 valence electrons. The van der Waals surface area contributed by atoms with Gasteiger partial charge in [-0.1, -0.05) is 25.0 Å². The molecule has 4 heteroatoms. The molecule has 0 bridgehead atoms. The summed E-state index contributed by atoms with van der Waals surface area (Å²) < 4.78 is 38.4. The van der Waals surface area contributed by atoms with Crippen LogP contribution < -0.4 is 5.32 Å². The van der Waals surface area contributed by atoms with Crippen molar-refractivity contribution in [3.63, 3.8) is 0 Å². The Labute approximate surface area is 126 Å². The zero-order chi connectivity index (χ0) is 15.3. The molecule has 1 nitrogen and oxygen atoms in total. The van der Waals surface area contributed by atoms with Gasteiger partial charge in [-0.15, -0.1) is 0 Å². The van der Waals surface area contributed by atoms with E-state index < -0.39 is 12.1 Å². The number of allylic oxidation sites excluding steroid dienone is 1. The molecule has 1 atom stereocenters. The van der Waals surface area contributed by atoms with Crippen molar-refractivity contribution >= 4 is 0 Å². The Morgan fingerprint density at radius 1 is 1.14 bits per heavy atom. The van der Waals surface area contributed by atoms with Gasteiger partial charge in [-0.3, -0.25) is 0 Å². The largest absolute Gasteiger partial charge is 0.391 e. The average molecular weight is 303 g/mol. The highest BCUT2D eigenvalue weighted by molar-refractivity contribution is 5.14. The van der Waals surface area contributed by atoms with Crippen molar-refractivity contribution in [2.24, 2.45) is 11.8 Å². The van der Waals surface area contributed by atoms with Gasteiger partial charge in [0.15, 0.2) is 0 Å². The van der Waals surface area contributed by atoms with E-state index in [1.807, 2.05) is 0 Å². The zero-order valence-corrected chi connectivity index (χ0v) is 13.0. The Bertz CT molecular complexity index is 340. The Kier molecular flexibility index (Phi) is 6.15. The predicted molar refractivity (Wildman–Crippen MR) is 80.1 cm³/mol. The number of alkyl halides is 3. The van der Waals surface area contributed by atoms with Gasteiger partial charge in [-0.2, -0.15) is 13.2 Å². The summed E-state index contributed by atoms with van der Waals surface area (Å²) in [6.45, 7) is 2.98. The van der Waals surface area contributed by atoms with Crippen LogP contribution >= 0.6 is 0 Å². The van der Waals surface area contributed by atoms with Crippen LogP contribution in [-0.2, 0) is 0 Å². The molecule has 1 N–H and O–H groups in total. The highest BCUT2D eigenvalue weighted by Gasteiger charge is 2.42. The van der Waals surface area contributed by atoms with Crippen LogP contribution in [0.5, 0.6) is 0 Å². The summed E-state index contributed by atoms with van der Waals surface area (Å²) in [7, 11) is 0. The average Bonchev–Trinajstić information content (AvgIpc) is 2.73. The van der Waals surface area contributed by atoms with E-state index in [0.717, 1.165) is 19.4 Å². The predicted octanol–water partition coefficient (Wildman–Crippen LogP) is 5.22. The summed E-state index contributed by atoms with van der Waals surface area (Å²) in [6, 6.07) is 0.308. The third-order valence-corrected chi connectivity index (χ3v) is 5.11. The smallest absolute Gasteiger partial charge is 0.310 e. The van der Waals surface area contributed by atoms with E-state index in [4.69, 9.17) is 0 Å². The molecule has 1 fully saturated rings. The Balaban J connectivity index is 1.98. The number of likely N-dealkylation sites (N-methyl/N-ethyl adjacent to an activating group) is 1. The number of hydrogen-bond donors (Lipinski definition) is 1. The van der Waals surface area contributed by atoms with Crippen LogP contribution in [0.4, 0.5) is 13.2 Å². The lowest BCUT2D eigenvalue weighted by molar-refractivity contribution is -0.184. The molecule has 0 saturated heterocycles. The third kappa shape index (κ3) is 4.73. The van der Waals surface area contributed by atoms with E-state index in [1.165, 1.54) is 24.8 Å². The van der Waals surface area contributed by atoms with Gasteiger partial charge in [0.1, 0.15) is 0 Å². The first-order chi connectivity index (χ1) is 10.0. The van der Waals surface area contributed by atoms with Gasteiger partial charge in [-0.25, -0.2) is 0 Å². The van der Waals surface area contributed by atoms with Gasteiger partial charge in [0.25, 0.3) is 0 Å². The third-order valence-electron chi connectivity index (χ3n) is 5.11. The summed E-state index contributed by atoms with van der Waals surface area (Å²) in [5.41, 5.74) is 1.46.